The molecule has 0 amide bonds. The summed E-state index contributed by atoms with van der Waals surface area (Å²) in [6, 6.07) is 8.39. The zero-order chi connectivity index (χ0) is 20.6. The molecule has 0 aliphatic carbocycles. The van der Waals surface area contributed by atoms with Crippen LogP contribution in [0.3, 0.4) is 0 Å². The topological polar surface area (TPSA) is 51.2 Å². The molecule has 1 atom stereocenters. The van der Waals surface area contributed by atoms with Crippen molar-refractivity contribution in [1.29, 1.82) is 0 Å². The molecule has 1 aliphatic rings. The van der Waals surface area contributed by atoms with Crippen LogP contribution in [0.1, 0.15) is 46.6 Å². The van der Waals surface area contributed by atoms with Crippen LogP contribution in [0.2, 0.25) is 0 Å². The van der Waals surface area contributed by atoms with Gasteiger partial charge < -0.3 is 19.3 Å². The highest BCUT2D eigenvalue weighted by atomic mass is 16.5. The molecule has 0 radical (unpaired) electrons. The number of nitrogens with zero attached hydrogens (tertiary/aromatic N) is 1. The van der Waals surface area contributed by atoms with E-state index in [1.54, 1.807) is 0 Å². The predicted octanol–water partition coefficient (Wildman–Crippen LogP) is 3.49. The van der Waals surface area contributed by atoms with Crippen molar-refractivity contribution in [2.45, 2.75) is 52.6 Å². The zero-order valence-electron chi connectivity index (χ0n) is 18.4. The van der Waals surface area contributed by atoms with Crippen LogP contribution in [0.25, 0.3) is 0 Å². The molecule has 1 aromatic rings. The number of ether oxygens (including phenoxy) is 3. The summed E-state index contributed by atoms with van der Waals surface area (Å²) in [5.74, 6) is 0.854. The van der Waals surface area contributed by atoms with E-state index in [9.17, 15) is 5.11 Å². The van der Waals surface area contributed by atoms with E-state index in [1.165, 1.54) is 5.56 Å². The summed E-state index contributed by atoms with van der Waals surface area (Å²) in [7, 11) is 0. The molecule has 1 heterocycles. The summed E-state index contributed by atoms with van der Waals surface area (Å²) >= 11 is 0. The second-order valence-corrected chi connectivity index (χ2v) is 9.64. The number of rotatable bonds is 10. The number of benzene rings is 1. The fourth-order valence-electron chi connectivity index (χ4n) is 4.00. The van der Waals surface area contributed by atoms with Gasteiger partial charge in [0.1, 0.15) is 12.4 Å². The van der Waals surface area contributed by atoms with E-state index in [4.69, 9.17) is 14.2 Å². The first-order chi connectivity index (χ1) is 13.2. The molecule has 1 fully saturated rings. The van der Waals surface area contributed by atoms with E-state index in [0.717, 1.165) is 38.5 Å². The fourth-order valence-corrected chi connectivity index (χ4v) is 4.00. The molecule has 1 N–H and O–H groups in total. The van der Waals surface area contributed by atoms with Crippen LogP contribution in [0, 0.1) is 5.41 Å². The standard InChI is InChI=1S/C23H39NO4/c1-22(2,3)18-23(4,5)19-6-8-21(9-7-19)28-15-14-27-17-20(25)16-24-10-12-26-13-11-24/h6-9,20,25H,10-18H2,1-5H3/t20-/m0/s1. The lowest BCUT2D eigenvalue weighted by molar-refractivity contribution is -0.0178. The molecule has 0 aromatic heterocycles. The third-order valence-corrected chi connectivity index (χ3v) is 4.99. The maximum Gasteiger partial charge on any atom is 0.119 e. The van der Waals surface area contributed by atoms with Crippen molar-refractivity contribution in [3.63, 3.8) is 0 Å². The summed E-state index contributed by atoms with van der Waals surface area (Å²) in [6.45, 7) is 16.6. The van der Waals surface area contributed by atoms with Crippen LogP contribution in [0.4, 0.5) is 0 Å². The third kappa shape index (κ3) is 8.48. The van der Waals surface area contributed by atoms with Crippen LogP contribution in [0.15, 0.2) is 24.3 Å². The Hall–Kier alpha value is -1.14. The molecule has 2 rings (SSSR count). The SMILES string of the molecule is CC(C)(C)CC(C)(C)c1ccc(OCCOC[C@@H](O)CN2CCOCC2)cc1. The van der Waals surface area contributed by atoms with Crippen molar-refractivity contribution in [3.05, 3.63) is 29.8 Å². The van der Waals surface area contributed by atoms with Gasteiger partial charge in [0.2, 0.25) is 0 Å². The Balaban J connectivity index is 1.65. The normalized spacial score (nSPS) is 17.5. The fraction of sp³-hybridized carbons (Fsp3) is 0.739. The average molecular weight is 394 g/mol. The van der Waals surface area contributed by atoms with E-state index in [0.29, 0.717) is 31.8 Å². The number of morpholine rings is 1. The number of aliphatic hydroxyl groups excluding tert-OH is 1. The lowest BCUT2D eigenvalue weighted by atomic mass is 9.72. The molecule has 5 heteroatoms. The van der Waals surface area contributed by atoms with Gasteiger partial charge in [-0.05, 0) is 34.9 Å². The second-order valence-electron chi connectivity index (χ2n) is 9.64. The molecule has 1 aliphatic heterocycles. The van der Waals surface area contributed by atoms with Gasteiger partial charge in [0.05, 0.1) is 32.5 Å². The van der Waals surface area contributed by atoms with Gasteiger partial charge in [-0.25, -0.2) is 0 Å². The molecular formula is C23H39NO4. The molecular weight excluding hydrogens is 354 g/mol. The van der Waals surface area contributed by atoms with Gasteiger partial charge in [0.15, 0.2) is 0 Å². The first kappa shape index (κ1) is 23.1. The van der Waals surface area contributed by atoms with Crippen LogP contribution >= 0.6 is 0 Å². The minimum absolute atomic E-state index is 0.135. The predicted molar refractivity (Wildman–Crippen MR) is 113 cm³/mol. The van der Waals surface area contributed by atoms with Crippen LogP contribution in [-0.2, 0) is 14.9 Å². The monoisotopic (exact) mass is 393 g/mol. The van der Waals surface area contributed by atoms with Gasteiger partial charge >= 0.3 is 0 Å². The molecule has 1 saturated heterocycles. The van der Waals surface area contributed by atoms with Gasteiger partial charge in [-0.1, -0.05) is 46.8 Å². The summed E-state index contributed by atoms with van der Waals surface area (Å²) < 4.78 is 16.6. The highest BCUT2D eigenvalue weighted by Crippen LogP contribution is 2.36. The van der Waals surface area contributed by atoms with Crippen molar-refractivity contribution < 1.29 is 19.3 Å². The first-order valence-electron chi connectivity index (χ1n) is 10.4. The van der Waals surface area contributed by atoms with Gasteiger partial charge in [-0.3, -0.25) is 4.90 Å². The number of hydrogen-bond acceptors (Lipinski definition) is 5. The average Bonchev–Trinajstić information content (AvgIpc) is 2.61. The highest BCUT2D eigenvalue weighted by Gasteiger charge is 2.27. The van der Waals surface area contributed by atoms with Crippen molar-refractivity contribution in [3.8, 4) is 5.75 Å². The number of aliphatic hydroxyl groups is 1. The minimum Gasteiger partial charge on any atom is -0.491 e. The van der Waals surface area contributed by atoms with E-state index in [2.05, 4.69) is 51.7 Å². The molecule has 160 valence electrons. The molecule has 0 spiro atoms. The third-order valence-electron chi connectivity index (χ3n) is 4.99. The zero-order valence-corrected chi connectivity index (χ0v) is 18.4. The molecule has 1 aromatic carbocycles. The van der Waals surface area contributed by atoms with Gasteiger partial charge in [0.25, 0.3) is 0 Å². The van der Waals surface area contributed by atoms with E-state index >= 15 is 0 Å². The van der Waals surface area contributed by atoms with Crippen molar-refractivity contribution in [2.24, 2.45) is 5.41 Å². The Morgan fingerprint density at radius 3 is 2.29 bits per heavy atom. The minimum atomic E-state index is -0.470. The summed E-state index contributed by atoms with van der Waals surface area (Å²) in [5.41, 5.74) is 1.76. The lowest BCUT2D eigenvalue weighted by Gasteiger charge is -2.33. The Labute approximate surface area is 171 Å². The van der Waals surface area contributed by atoms with Crippen molar-refractivity contribution in [2.75, 3.05) is 52.7 Å². The van der Waals surface area contributed by atoms with Gasteiger partial charge in [-0.15, -0.1) is 0 Å². The summed E-state index contributed by atoms with van der Waals surface area (Å²) in [5, 5.41) is 10.1. The number of hydrogen-bond donors (Lipinski definition) is 1. The van der Waals surface area contributed by atoms with Crippen LogP contribution < -0.4 is 4.74 Å². The Morgan fingerprint density at radius 1 is 1.04 bits per heavy atom. The molecule has 0 saturated carbocycles. The first-order valence-corrected chi connectivity index (χ1v) is 10.4. The maximum atomic E-state index is 10.1. The largest absolute Gasteiger partial charge is 0.491 e. The Morgan fingerprint density at radius 2 is 1.68 bits per heavy atom. The van der Waals surface area contributed by atoms with Crippen LogP contribution in [0.5, 0.6) is 5.75 Å². The molecule has 0 unspecified atom stereocenters. The molecule has 0 bridgehead atoms. The maximum absolute atomic E-state index is 10.1. The highest BCUT2D eigenvalue weighted by molar-refractivity contribution is 5.31. The van der Waals surface area contributed by atoms with Crippen molar-refractivity contribution in [1.82, 2.24) is 4.90 Å². The van der Waals surface area contributed by atoms with Crippen LogP contribution in [-0.4, -0.2) is 68.8 Å². The summed E-state index contributed by atoms with van der Waals surface area (Å²) in [6.07, 6.45) is 0.656. The Bertz CT molecular complexity index is 559. The van der Waals surface area contributed by atoms with Gasteiger partial charge in [-0.2, -0.15) is 0 Å². The molecule has 5 nitrogen and oxygen atoms in total. The summed E-state index contributed by atoms with van der Waals surface area (Å²) in [4.78, 5) is 2.21. The van der Waals surface area contributed by atoms with E-state index < -0.39 is 6.10 Å². The second kappa shape index (κ2) is 10.6. The quantitative estimate of drug-likeness (QED) is 0.617. The molecule has 28 heavy (non-hydrogen) atoms. The lowest BCUT2D eigenvalue weighted by Crippen LogP contribution is -2.42. The van der Waals surface area contributed by atoms with Gasteiger partial charge in [0, 0.05) is 19.6 Å². The van der Waals surface area contributed by atoms with E-state index in [1.807, 2.05) is 12.1 Å². The van der Waals surface area contributed by atoms with E-state index in [-0.39, 0.29) is 5.41 Å². The number of β-amino-alcohol motifs (C(OH)–C–C–N with tert-alkyl or cyclic N) is 1. The smallest absolute Gasteiger partial charge is 0.119 e. The Kier molecular flexibility index (Phi) is 8.75. The van der Waals surface area contributed by atoms with Crippen molar-refractivity contribution >= 4 is 0 Å².